The number of nitrogens with zero attached hydrogens (tertiary/aromatic N) is 1. The van der Waals surface area contributed by atoms with Crippen LogP contribution >= 0.6 is 0 Å². The summed E-state index contributed by atoms with van der Waals surface area (Å²) in [6.45, 7) is 17.4. The van der Waals surface area contributed by atoms with E-state index in [9.17, 15) is 14.4 Å². The van der Waals surface area contributed by atoms with E-state index in [1.54, 1.807) is 38.7 Å². The first-order valence-electron chi connectivity index (χ1n) is 13.8. The molecule has 208 valence electrons. The molecular formula is C30H49N3O4. The molecule has 0 heterocycles. The van der Waals surface area contributed by atoms with Crippen LogP contribution < -0.4 is 10.6 Å². The quantitative estimate of drug-likeness (QED) is 0.265. The van der Waals surface area contributed by atoms with Crippen LogP contribution in [-0.2, 0) is 14.3 Å². The number of carbonyl (C=O) groups is 3. The normalized spacial score (nSPS) is 13.7. The molecule has 0 aliphatic carbocycles. The van der Waals surface area contributed by atoms with E-state index < -0.39 is 23.8 Å². The van der Waals surface area contributed by atoms with Gasteiger partial charge in [-0.05, 0) is 64.7 Å². The van der Waals surface area contributed by atoms with Crippen molar-refractivity contribution >= 4 is 24.0 Å². The maximum Gasteiger partial charge on any atom is 0.408 e. The summed E-state index contributed by atoms with van der Waals surface area (Å²) >= 11 is 0. The number of hydrogen-bond acceptors (Lipinski definition) is 4. The fourth-order valence-electron chi connectivity index (χ4n) is 4.20. The molecule has 0 aromatic heterocycles. The number of benzene rings is 1. The zero-order valence-electron chi connectivity index (χ0n) is 24.1. The van der Waals surface area contributed by atoms with E-state index in [1.807, 2.05) is 31.2 Å². The third-order valence-electron chi connectivity index (χ3n) is 6.02. The molecule has 1 aromatic rings. The first-order chi connectivity index (χ1) is 17.4. The van der Waals surface area contributed by atoms with E-state index in [-0.39, 0.29) is 17.9 Å². The van der Waals surface area contributed by atoms with E-state index in [1.165, 1.54) is 0 Å². The summed E-state index contributed by atoms with van der Waals surface area (Å²) in [6, 6.07) is 5.82. The number of alkyl carbamates (subject to hydrolysis) is 1. The fraction of sp³-hybridized carbons (Fsp3) is 0.633. The van der Waals surface area contributed by atoms with Gasteiger partial charge in [-0.2, -0.15) is 0 Å². The molecular weight excluding hydrogens is 466 g/mol. The maximum atomic E-state index is 13.8. The van der Waals surface area contributed by atoms with Crippen molar-refractivity contribution in [1.82, 2.24) is 15.5 Å². The highest BCUT2D eigenvalue weighted by molar-refractivity contribution is 5.92. The minimum atomic E-state index is -0.864. The molecule has 0 radical (unpaired) electrons. The van der Waals surface area contributed by atoms with Crippen molar-refractivity contribution in [1.29, 1.82) is 0 Å². The molecule has 2 N–H and O–H groups in total. The molecule has 7 nitrogen and oxygen atoms in total. The molecule has 1 rings (SSSR count). The van der Waals surface area contributed by atoms with E-state index in [4.69, 9.17) is 4.74 Å². The number of carbonyl (C=O) groups excluding carboxylic acids is 3. The van der Waals surface area contributed by atoms with Gasteiger partial charge in [-0.3, -0.25) is 9.59 Å². The summed E-state index contributed by atoms with van der Waals surface area (Å²) in [6.07, 6.45) is 7.88. The largest absolute Gasteiger partial charge is 0.444 e. The zero-order chi connectivity index (χ0) is 28.0. The Bertz CT molecular complexity index is 878. The molecule has 3 unspecified atom stereocenters. The maximum absolute atomic E-state index is 13.8. The van der Waals surface area contributed by atoms with Crippen LogP contribution in [0.25, 0.3) is 6.08 Å². The average molecular weight is 516 g/mol. The molecule has 0 fully saturated rings. The predicted octanol–water partition coefficient (Wildman–Crippen LogP) is 6.39. The lowest BCUT2D eigenvalue weighted by Crippen LogP contribution is -2.52. The summed E-state index contributed by atoms with van der Waals surface area (Å²) in [5.41, 5.74) is 0.895. The van der Waals surface area contributed by atoms with Crippen molar-refractivity contribution < 1.29 is 19.1 Å². The molecule has 0 saturated carbocycles. The third kappa shape index (κ3) is 11.8. The molecule has 0 spiro atoms. The smallest absolute Gasteiger partial charge is 0.408 e. The van der Waals surface area contributed by atoms with Gasteiger partial charge in [-0.1, -0.05) is 76.8 Å². The highest BCUT2D eigenvalue weighted by Gasteiger charge is 2.35. The lowest BCUT2D eigenvalue weighted by atomic mass is 9.99. The first kappa shape index (κ1) is 32.2. The Morgan fingerprint density at radius 3 is 2.30 bits per heavy atom. The average Bonchev–Trinajstić information content (AvgIpc) is 2.81. The van der Waals surface area contributed by atoms with Crippen molar-refractivity contribution in [2.45, 2.75) is 117 Å². The number of rotatable bonds is 15. The molecule has 37 heavy (non-hydrogen) atoms. The SMILES string of the molecule is C=Cc1cccc(C(C(=O)NC(C)CCC)N(CCCCCCC)C(=O)C(C)NC(=O)OC(C)(C)C)c1. The van der Waals surface area contributed by atoms with Crippen LogP contribution in [0, 0.1) is 0 Å². The van der Waals surface area contributed by atoms with E-state index in [0.717, 1.165) is 50.5 Å². The van der Waals surface area contributed by atoms with Crippen molar-refractivity contribution in [3.63, 3.8) is 0 Å². The van der Waals surface area contributed by atoms with Crippen LogP contribution in [0.5, 0.6) is 0 Å². The van der Waals surface area contributed by atoms with Gasteiger partial charge in [0.2, 0.25) is 11.8 Å². The zero-order valence-corrected chi connectivity index (χ0v) is 24.1. The lowest BCUT2D eigenvalue weighted by molar-refractivity contribution is -0.142. The minimum Gasteiger partial charge on any atom is -0.444 e. The number of nitrogens with one attached hydrogen (secondary N) is 2. The van der Waals surface area contributed by atoms with Gasteiger partial charge in [0.15, 0.2) is 0 Å². The van der Waals surface area contributed by atoms with Gasteiger partial charge in [0.25, 0.3) is 0 Å². The predicted molar refractivity (Wildman–Crippen MR) is 151 cm³/mol. The molecule has 0 bridgehead atoms. The van der Waals surface area contributed by atoms with Crippen molar-refractivity contribution in [2.75, 3.05) is 6.54 Å². The summed E-state index contributed by atoms with van der Waals surface area (Å²) in [4.78, 5) is 41.5. The Kier molecular flexibility index (Phi) is 14.0. The molecule has 3 atom stereocenters. The van der Waals surface area contributed by atoms with Gasteiger partial charge in [0.05, 0.1) is 0 Å². The monoisotopic (exact) mass is 515 g/mol. The Hall–Kier alpha value is -2.83. The number of hydrogen-bond donors (Lipinski definition) is 2. The van der Waals surface area contributed by atoms with Gasteiger partial charge in [0.1, 0.15) is 17.7 Å². The van der Waals surface area contributed by atoms with Gasteiger partial charge in [0, 0.05) is 12.6 Å². The van der Waals surface area contributed by atoms with Crippen LogP contribution in [0.3, 0.4) is 0 Å². The minimum absolute atomic E-state index is 0.0265. The number of ether oxygens (including phenoxy) is 1. The van der Waals surface area contributed by atoms with Crippen molar-refractivity contribution in [3.05, 3.63) is 42.0 Å². The number of amides is 3. The lowest BCUT2D eigenvalue weighted by Gasteiger charge is -2.34. The summed E-state index contributed by atoms with van der Waals surface area (Å²) < 4.78 is 5.35. The first-order valence-corrected chi connectivity index (χ1v) is 13.8. The second kappa shape index (κ2) is 16.1. The Morgan fingerprint density at radius 1 is 1.03 bits per heavy atom. The number of unbranched alkanes of at least 4 members (excludes halogenated alkanes) is 4. The second-order valence-corrected chi connectivity index (χ2v) is 10.8. The fourth-order valence-corrected chi connectivity index (χ4v) is 4.20. The molecule has 7 heteroatoms. The van der Waals surface area contributed by atoms with Gasteiger partial charge >= 0.3 is 6.09 Å². The van der Waals surface area contributed by atoms with E-state index in [0.29, 0.717) is 12.1 Å². The molecule has 0 aliphatic rings. The van der Waals surface area contributed by atoms with Crippen molar-refractivity contribution in [3.8, 4) is 0 Å². The standard InChI is InChI=1S/C30H49N3O4/c1-9-12-13-14-15-20-33(28(35)23(5)32-29(36)37-30(6,7)8)26(27(34)31-22(4)17-10-2)25-19-16-18-24(11-3)21-25/h11,16,18-19,21-23,26H,3,9-10,12-15,17,20H2,1-2,4-8H3,(H,31,34)(H,32,36). The van der Waals surface area contributed by atoms with Crippen LogP contribution in [0.15, 0.2) is 30.8 Å². The van der Waals surface area contributed by atoms with E-state index >= 15 is 0 Å². The van der Waals surface area contributed by atoms with Gasteiger partial charge < -0.3 is 20.3 Å². The summed E-state index contributed by atoms with van der Waals surface area (Å²) in [5.74, 6) is -0.554. The second-order valence-electron chi connectivity index (χ2n) is 10.8. The molecule has 0 aliphatic heterocycles. The Morgan fingerprint density at radius 2 is 1.70 bits per heavy atom. The Labute approximate surface area is 224 Å². The summed E-state index contributed by atoms with van der Waals surface area (Å²) in [5, 5.41) is 5.76. The molecule has 3 amide bonds. The van der Waals surface area contributed by atoms with Crippen LogP contribution in [0.2, 0.25) is 0 Å². The van der Waals surface area contributed by atoms with Gasteiger partial charge in [-0.15, -0.1) is 0 Å². The Balaban J connectivity index is 3.36. The highest BCUT2D eigenvalue weighted by atomic mass is 16.6. The van der Waals surface area contributed by atoms with Crippen LogP contribution in [0.1, 0.15) is 111 Å². The van der Waals surface area contributed by atoms with Gasteiger partial charge in [-0.25, -0.2) is 4.79 Å². The topological polar surface area (TPSA) is 87.7 Å². The molecule has 0 saturated heterocycles. The highest BCUT2D eigenvalue weighted by Crippen LogP contribution is 2.25. The van der Waals surface area contributed by atoms with Crippen LogP contribution in [-0.4, -0.2) is 47.0 Å². The molecule has 1 aromatic carbocycles. The summed E-state index contributed by atoms with van der Waals surface area (Å²) in [7, 11) is 0. The third-order valence-corrected chi connectivity index (χ3v) is 6.02. The van der Waals surface area contributed by atoms with E-state index in [2.05, 4.69) is 31.1 Å². The van der Waals surface area contributed by atoms with Crippen molar-refractivity contribution in [2.24, 2.45) is 0 Å². The van der Waals surface area contributed by atoms with Crippen LogP contribution in [0.4, 0.5) is 4.79 Å².